The molecule has 158 valence electrons. The molecule has 0 N–H and O–H groups in total. The number of ether oxygens (including phenoxy) is 1. The van der Waals surface area contributed by atoms with Crippen LogP contribution in [0.2, 0.25) is 0 Å². The van der Waals surface area contributed by atoms with Gasteiger partial charge in [-0.2, -0.15) is 0 Å². The summed E-state index contributed by atoms with van der Waals surface area (Å²) in [5.41, 5.74) is 1.19. The number of amides is 2. The van der Waals surface area contributed by atoms with Gasteiger partial charge in [-0.3, -0.25) is 9.69 Å². The van der Waals surface area contributed by atoms with Gasteiger partial charge in [0.2, 0.25) is 5.91 Å². The van der Waals surface area contributed by atoms with E-state index in [1.54, 1.807) is 12.1 Å². The zero-order chi connectivity index (χ0) is 20.9. The van der Waals surface area contributed by atoms with Gasteiger partial charge in [-0.05, 0) is 49.1 Å². The molecule has 1 unspecified atom stereocenters. The third-order valence-electron chi connectivity index (χ3n) is 5.70. The highest BCUT2D eigenvalue weighted by Gasteiger charge is 2.39. The first-order valence-corrected chi connectivity index (χ1v) is 11.2. The maximum Gasteiger partial charge on any atom is 0.410 e. The second-order valence-corrected chi connectivity index (χ2v) is 8.73. The summed E-state index contributed by atoms with van der Waals surface area (Å²) >= 11 is 1.42. The fourth-order valence-electron chi connectivity index (χ4n) is 4.12. The zero-order valence-corrected chi connectivity index (χ0v) is 17.5. The van der Waals surface area contributed by atoms with Gasteiger partial charge in [-0.25, -0.2) is 9.18 Å². The third kappa shape index (κ3) is 4.95. The lowest BCUT2D eigenvalue weighted by atomic mass is 9.99. The summed E-state index contributed by atoms with van der Waals surface area (Å²) in [5, 5.41) is 0. The SMILES string of the molecule is O=C(CSc1ccc(F)cc1)N1CCC(N2C(=O)OCC2Cc2ccccc2)CC1. The van der Waals surface area contributed by atoms with E-state index in [0.29, 0.717) is 25.4 Å². The topological polar surface area (TPSA) is 49.9 Å². The van der Waals surface area contributed by atoms with Crippen molar-refractivity contribution in [2.45, 2.75) is 36.2 Å². The van der Waals surface area contributed by atoms with Crippen molar-refractivity contribution < 1.29 is 18.7 Å². The number of halogens is 1. The Morgan fingerprint density at radius 2 is 1.77 bits per heavy atom. The number of cyclic esters (lactones) is 1. The highest BCUT2D eigenvalue weighted by molar-refractivity contribution is 8.00. The van der Waals surface area contributed by atoms with Crippen LogP contribution in [0, 0.1) is 5.82 Å². The van der Waals surface area contributed by atoms with Gasteiger partial charge >= 0.3 is 6.09 Å². The van der Waals surface area contributed by atoms with Crippen molar-refractivity contribution in [1.29, 1.82) is 0 Å². The van der Waals surface area contributed by atoms with Crippen molar-refractivity contribution in [2.24, 2.45) is 0 Å². The van der Waals surface area contributed by atoms with Crippen LogP contribution in [0.4, 0.5) is 9.18 Å². The van der Waals surface area contributed by atoms with Gasteiger partial charge in [0, 0.05) is 24.0 Å². The first-order valence-electron chi connectivity index (χ1n) is 10.3. The van der Waals surface area contributed by atoms with Crippen LogP contribution in [0.3, 0.4) is 0 Å². The molecule has 0 radical (unpaired) electrons. The van der Waals surface area contributed by atoms with Crippen molar-refractivity contribution >= 4 is 23.8 Å². The molecule has 0 saturated carbocycles. The van der Waals surface area contributed by atoms with E-state index >= 15 is 0 Å². The predicted molar refractivity (Wildman–Crippen MR) is 114 cm³/mol. The number of benzene rings is 2. The average molecular weight is 429 g/mol. The van der Waals surface area contributed by atoms with Crippen LogP contribution in [-0.4, -0.2) is 59.3 Å². The normalized spacial score (nSPS) is 19.8. The Morgan fingerprint density at radius 1 is 1.07 bits per heavy atom. The minimum Gasteiger partial charge on any atom is -0.447 e. The van der Waals surface area contributed by atoms with Crippen LogP contribution in [-0.2, 0) is 16.0 Å². The molecule has 4 rings (SSSR count). The first-order chi connectivity index (χ1) is 14.6. The van der Waals surface area contributed by atoms with Crippen molar-refractivity contribution in [3.05, 3.63) is 66.0 Å². The first kappa shape index (κ1) is 20.7. The van der Waals surface area contributed by atoms with Crippen molar-refractivity contribution in [3.63, 3.8) is 0 Å². The number of piperidine rings is 1. The molecule has 0 spiro atoms. The maximum absolute atomic E-state index is 13.0. The van der Waals surface area contributed by atoms with E-state index < -0.39 is 0 Å². The molecule has 2 aliphatic heterocycles. The zero-order valence-electron chi connectivity index (χ0n) is 16.7. The molecule has 2 fully saturated rings. The average Bonchev–Trinajstić information content (AvgIpc) is 3.14. The summed E-state index contributed by atoms with van der Waals surface area (Å²) in [5.74, 6) is 0.130. The van der Waals surface area contributed by atoms with Crippen LogP contribution in [0.1, 0.15) is 18.4 Å². The van der Waals surface area contributed by atoms with E-state index in [1.807, 2.05) is 28.0 Å². The smallest absolute Gasteiger partial charge is 0.410 e. The Morgan fingerprint density at radius 3 is 2.47 bits per heavy atom. The molecular formula is C23H25FN2O3S. The molecule has 1 atom stereocenters. The standard InChI is InChI=1S/C23H25FN2O3S/c24-18-6-8-21(9-7-18)30-16-22(27)25-12-10-19(11-13-25)26-20(15-29-23(26)28)14-17-4-2-1-3-5-17/h1-9,19-20H,10-16H2. The second kappa shape index (κ2) is 9.51. The highest BCUT2D eigenvalue weighted by Crippen LogP contribution is 2.27. The molecule has 2 aromatic rings. The van der Waals surface area contributed by atoms with E-state index in [-0.39, 0.29) is 29.9 Å². The number of carbonyl (C=O) groups excluding carboxylic acids is 2. The van der Waals surface area contributed by atoms with Crippen LogP contribution in [0.5, 0.6) is 0 Å². The molecule has 2 aliphatic rings. The van der Waals surface area contributed by atoms with Crippen LogP contribution in [0.25, 0.3) is 0 Å². The van der Waals surface area contributed by atoms with Crippen LogP contribution < -0.4 is 0 Å². The van der Waals surface area contributed by atoms with Crippen LogP contribution in [0.15, 0.2) is 59.5 Å². The number of likely N-dealkylation sites (tertiary alicyclic amines) is 1. The van der Waals surface area contributed by atoms with E-state index in [4.69, 9.17) is 4.74 Å². The maximum atomic E-state index is 13.0. The Kier molecular flexibility index (Phi) is 6.57. The minimum atomic E-state index is -0.279. The lowest BCUT2D eigenvalue weighted by molar-refractivity contribution is -0.129. The molecule has 2 amide bonds. The summed E-state index contributed by atoms with van der Waals surface area (Å²) in [6.07, 6.45) is 2.05. The molecule has 2 saturated heterocycles. The van der Waals surface area contributed by atoms with Crippen molar-refractivity contribution in [1.82, 2.24) is 9.80 Å². The Balaban J connectivity index is 1.29. The molecule has 7 heteroatoms. The largest absolute Gasteiger partial charge is 0.447 e. The predicted octanol–water partition coefficient (Wildman–Crippen LogP) is 3.97. The van der Waals surface area contributed by atoms with Gasteiger partial charge < -0.3 is 9.64 Å². The van der Waals surface area contributed by atoms with Crippen molar-refractivity contribution in [3.8, 4) is 0 Å². The summed E-state index contributed by atoms with van der Waals surface area (Å²) in [7, 11) is 0. The number of thioether (sulfide) groups is 1. The fraction of sp³-hybridized carbons (Fsp3) is 0.391. The number of rotatable bonds is 6. The van der Waals surface area contributed by atoms with Gasteiger partial charge in [-0.15, -0.1) is 11.8 Å². The monoisotopic (exact) mass is 428 g/mol. The lowest BCUT2D eigenvalue weighted by Gasteiger charge is -2.38. The van der Waals surface area contributed by atoms with E-state index in [1.165, 1.54) is 29.5 Å². The Bertz CT molecular complexity index is 870. The van der Waals surface area contributed by atoms with E-state index in [0.717, 1.165) is 24.2 Å². The van der Waals surface area contributed by atoms with Gasteiger partial charge in [0.25, 0.3) is 0 Å². The number of hydrogen-bond acceptors (Lipinski definition) is 4. The molecule has 30 heavy (non-hydrogen) atoms. The number of nitrogens with zero attached hydrogens (tertiary/aromatic N) is 2. The molecule has 2 heterocycles. The molecule has 0 bridgehead atoms. The van der Waals surface area contributed by atoms with Gasteiger partial charge in [-0.1, -0.05) is 30.3 Å². The highest BCUT2D eigenvalue weighted by atomic mass is 32.2. The van der Waals surface area contributed by atoms with E-state index in [9.17, 15) is 14.0 Å². The van der Waals surface area contributed by atoms with Gasteiger partial charge in [0.1, 0.15) is 12.4 Å². The lowest BCUT2D eigenvalue weighted by Crippen LogP contribution is -2.50. The summed E-state index contributed by atoms with van der Waals surface area (Å²) in [6, 6.07) is 16.5. The molecule has 2 aromatic carbocycles. The summed E-state index contributed by atoms with van der Waals surface area (Å²) in [6.45, 7) is 1.69. The Labute approximate surface area is 180 Å². The fourth-order valence-corrected chi connectivity index (χ4v) is 4.92. The summed E-state index contributed by atoms with van der Waals surface area (Å²) in [4.78, 5) is 29.6. The second-order valence-electron chi connectivity index (χ2n) is 7.68. The third-order valence-corrected chi connectivity index (χ3v) is 6.70. The van der Waals surface area contributed by atoms with Gasteiger partial charge in [0.05, 0.1) is 11.8 Å². The van der Waals surface area contributed by atoms with Gasteiger partial charge in [0.15, 0.2) is 0 Å². The molecular weight excluding hydrogens is 403 g/mol. The number of hydrogen-bond donors (Lipinski definition) is 0. The molecule has 5 nitrogen and oxygen atoms in total. The van der Waals surface area contributed by atoms with Crippen LogP contribution >= 0.6 is 11.8 Å². The van der Waals surface area contributed by atoms with E-state index in [2.05, 4.69) is 12.1 Å². The number of carbonyl (C=O) groups is 2. The summed E-state index contributed by atoms with van der Waals surface area (Å²) < 4.78 is 18.3. The quantitative estimate of drug-likeness (QED) is 0.654. The van der Waals surface area contributed by atoms with Crippen molar-refractivity contribution in [2.75, 3.05) is 25.4 Å². The Hall–Kier alpha value is -2.54. The minimum absolute atomic E-state index is 0.0428. The molecule has 0 aromatic heterocycles. The molecule has 0 aliphatic carbocycles.